The maximum Gasteiger partial charge on any atom is 0.193 e. The van der Waals surface area contributed by atoms with Crippen molar-refractivity contribution in [3.63, 3.8) is 0 Å². The Kier molecular flexibility index (Phi) is 5.63. The standard InChI is InChI=1S/C20H22FN5/c1-22-20(25(2)14-16-8-10-18(21)11-9-16)23-12-17-13-24-26(15-17)19-6-4-3-5-7-19/h3-11,13,15H,12,14H2,1-2H3,(H,22,23). The largest absolute Gasteiger partial charge is 0.352 e. The Morgan fingerprint density at radius 1 is 1.12 bits per heavy atom. The van der Waals surface area contributed by atoms with Crippen molar-refractivity contribution >= 4 is 5.96 Å². The molecule has 3 aromatic rings. The lowest BCUT2D eigenvalue weighted by atomic mass is 10.2. The molecule has 0 fully saturated rings. The first-order valence-electron chi connectivity index (χ1n) is 8.41. The van der Waals surface area contributed by atoms with Crippen molar-refractivity contribution in [1.82, 2.24) is 20.0 Å². The molecule has 0 unspecified atom stereocenters. The molecule has 0 spiro atoms. The second-order valence-electron chi connectivity index (χ2n) is 6.01. The molecule has 3 rings (SSSR count). The predicted molar refractivity (Wildman–Crippen MR) is 102 cm³/mol. The summed E-state index contributed by atoms with van der Waals surface area (Å²) in [4.78, 5) is 6.31. The molecule has 0 aliphatic rings. The highest BCUT2D eigenvalue weighted by Crippen LogP contribution is 2.08. The molecule has 0 saturated heterocycles. The van der Waals surface area contributed by atoms with Crippen LogP contribution in [0.3, 0.4) is 0 Å². The Bertz CT molecular complexity index is 855. The van der Waals surface area contributed by atoms with Crippen LogP contribution in [0.2, 0.25) is 0 Å². The normalized spacial score (nSPS) is 11.4. The molecule has 134 valence electrons. The molecule has 0 aliphatic carbocycles. The summed E-state index contributed by atoms with van der Waals surface area (Å²) in [6.07, 6.45) is 3.84. The molecular formula is C20H22FN5. The van der Waals surface area contributed by atoms with Crippen LogP contribution in [-0.2, 0) is 13.1 Å². The summed E-state index contributed by atoms with van der Waals surface area (Å²) < 4.78 is 14.9. The molecule has 0 bridgehead atoms. The first-order valence-corrected chi connectivity index (χ1v) is 8.41. The van der Waals surface area contributed by atoms with E-state index in [4.69, 9.17) is 0 Å². The van der Waals surface area contributed by atoms with E-state index in [9.17, 15) is 4.39 Å². The maximum atomic E-state index is 13.0. The molecule has 1 heterocycles. The zero-order valence-electron chi connectivity index (χ0n) is 14.9. The number of benzene rings is 2. The van der Waals surface area contributed by atoms with Gasteiger partial charge in [-0.25, -0.2) is 9.07 Å². The van der Waals surface area contributed by atoms with Crippen molar-refractivity contribution < 1.29 is 4.39 Å². The number of nitrogens with zero attached hydrogens (tertiary/aromatic N) is 4. The fourth-order valence-corrected chi connectivity index (χ4v) is 2.68. The Balaban J connectivity index is 1.59. The average molecular weight is 351 g/mol. The highest BCUT2D eigenvalue weighted by Gasteiger charge is 2.08. The third kappa shape index (κ3) is 4.47. The molecule has 0 aliphatic heterocycles. The van der Waals surface area contributed by atoms with E-state index in [1.807, 2.05) is 59.4 Å². The van der Waals surface area contributed by atoms with Crippen molar-refractivity contribution in [2.45, 2.75) is 13.1 Å². The highest BCUT2D eigenvalue weighted by atomic mass is 19.1. The van der Waals surface area contributed by atoms with E-state index in [0.717, 1.165) is 22.8 Å². The summed E-state index contributed by atoms with van der Waals surface area (Å²) in [6.45, 7) is 1.26. The van der Waals surface area contributed by atoms with E-state index < -0.39 is 0 Å². The Morgan fingerprint density at radius 2 is 1.85 bits per heavy atom. The van der Waals surface area contributed by atoms with Gasteiger partial charge in [0.2, 0.25) is 0 Å². The lowest BCUT2D eigenvalue weighted by Crippen LogP contribution is -2.37. The first-order chi connectivity index (χ1) is 12.7. The third-order valence-electron chi connectivity index (χ3n) is 4.01. The van der Waals surface area contributed by atoms with Crippen LogP contribution in [0.1, 0.15) is 11.1 Å². The van der Waals surface area contributed by atoms with Gasteiger partial charge in [0, 0.05) is 38.9 Å². The van der Waals surface area contributed by atoms with Crippen molar-refractivity contribution in [3.8, 4) is 5.69 Å². The van der Waals surface area contributed by atoms with Crippen LogP contribution in [0.25, 0.3) is 5.69 Å². The molecule has 5 nitrogen and oxygen atoms in total. The van der Waals surface area contributed by atoms with E-state index in [-0.39, 0.29) is 5.82 Å². The van der Waals surface area contributed by atoms with Crippen LogP contribution in [0.5, 0.6) is 0 Å². The van der Waals surface area contributed by atoms with Crippen molar-refractivity contribution in [2.75, 3.05) is 14.1 Å². The minimum absolute atomic E-state index is 0.227. The fourth-order valence-electron chi connectivity index (χ4n) is 2.68. The molecule has 0 saturated carbocycles. The average Bonchev–Trinajstić information content (AvgIpc) is 3.14. The smallest absolute Gasteiger partial charge is 0.193 e. The summed E-state index contributed by atoms with van der Waals surface area (Å²) in [6, 6.07) is 16.5. The van der Waals surface area contributed by atoms with E-state index in [1.165, 1.54) is 12.1 Å². The van der Waals surface area contributed by atoms with Gasteiger partial charge in [-0.3, -0.25) is 4.99 Å². The summed E-state index contributed by atoms with van der Waals surface area (Å²) in [5.41, 5.74) is 3.11. The van der Waals surface area contributed by atoms with Gasteiger partial charge < -0.3 is 10.2 Å². The molecular weight excluding hydrogens is 329 g/mol. The highest BCUT2D eigenvalue weighted by molar-refractivity contribution is 5.79. The predicted octanol–water partition coefficient (Wildman–Crippen LogP) is 3.22. The van der Waals surface area contributed by atoms with Crippen LogP contribution in [0.15, 0.2) is 72.0 Å². The number of hydrogen-bond donors (Lipinski definition) is 1. The number of hydrogen-bond acceptors (Lipinski definition) is 2. The van der Waals surface area contributed by atoms with Crippen LogP contribution >= 0.6 is 0 Å². The number of para-hydroxylation sites is 1. The zero-order valence-corrected chi connectivity index (χ0v) is 14.9. The molecule has 0 atom stereocenters. The SMILES string of the molecule is CN=C(NCc1cnn(-c2ccccc2)c1)N(C)Cc1ccc(F)cc1. The number of guanidine groups is 1. The first kappa shape index (κ1) is 17.7. The molecule has 26 heavy (non-hydrogen) atoms. The lowest BCUT2D eigenvalue weighted by Gasteiger charge is -2.22. The fraction of sp³-hybridized carbons (Fsp3) is 0.200. The molecule has 6 heteroatoms. The van der Waals surface area contributed by atoms with Crippen molar-refractivity contribution in [2.24, 2.45) is 4.99 Å². The van der Waals surface area contributed by atoms with Gasteiger partial charge in [-0.05, 0) is 29.8 Å². The third-order valence-corrected chi connectivity index (χ3v) is 4.01. The summed E-state index contributed by atoms with van der Waals surface area (Å²) >= 11 is 0. The molecule has 2 aromatic carbocycles. The van der Waals surface area contributed by atoms with Gasteiger partial charge in [0.05, 0.1) is 11.9 Å². The monoisotopic (exact) mass is 351 g/mol. The van der Waals surface area contributed by atoms with E-state index in [1.54, 1.807) is 19.2 Å². The van der Waals surface area contributed by atoms with Crippen molar-refractivity contribution in [3.05, 3.63) is 83.9 Å². The van der Waals surface area contributed by atoms with Gasteiger partial charge in [-0.15, -0.1) is 0 Å². The second kappa shape index (κ2) is 8.29. The quantitative estimate of drug-likeness (QED) is 0.567. The van der Waals surface area contributed by atoms with Gasteiger partial charge in [0.25, 0.3) is 0 Å². The minimum atomic E-state index is -0.227. The minimum Gasteiger partial charge on any atom is -0.352 e. The topological polar surface area (TPSA) is 45.5 Å². The van der Waals surface area contributed by atoms with Crippen LogP contribution in [0.4, 0.5) is 4.39 Å². The van der Waals surface area contributed by atoms with E-state index in [2.05, 4.69) is 15.4 Å². The van der Waals surface area contributed by atoms with E-state index >= 15 is 0 Å². The Labute approximate surface area is 152 Å². The number of halogens is 1. The number of nitrogens with one attached hydrogen (secondary N) is 1. The van der Waals surface area contributed by atoms with Crippen LogP contribution in [0, 0.1) is 5.82 Å². The van der Waals surface area contributed by atoms with Gasteiger partial charge in [-0.1, -0.05) is 30.3 Å². The molecule has 0 radical (unpaired) electrons. The summed E-state index contributed by atoms with van der Waals surface area (Å²) in [7, 11) is 3.70. The van der Waals surface area contributed by atoms with Gasteiger partial charge in [0.1, 0.15) is 5.82 Å². The summed E-state index contributed by atoms with van der Waals surface area (Å²) in [5, 5.41) is 7.73. The lowest BCUT2D eigenvalue weighted by molar-refractivity contribution is 0.476. The molecule has 1 N–H and O–H groups in total. The maximum absolute atomic E-state index is 13.0. The second-order valence-corrected chi connectivity index (χ2v) is 6.01. The number of aliphatic imine (C=N–C) groups is 1. The van der Waals surface area contributed by atoms with Crippen LogP contribution < -0.4 is 5.32 Å². The number of rotatable bonds is 5. The van der Waals surface area contributed by atoms with Gasteiger partial charge in [-0.2, -0.15) is 5.10 Å². The number of aromatic nitrogens is 2. The van der Waals surface area contributed by atoms with Gasteiger partial charge >= 0.3 is 0 Å². The van der Waals surface area contributed by atoms with Gasteiger partial charge in [0.15, 0.2) is 5.96 Å². The van der Waals surface area contributed by atoms with Crippen molar-refractivity contribution in [1.29, 1.82) is 0 Å². The Morgan fingerprint density at radius 3 is 2.54 bits per heavy atom. The molecule has 1 aromatic heterocycles. The zero-order chi connectivity index (χ0) is 18.4. The Hall–Kier alpha value is -3.15. The molecule has 0 amide bonds. The summed E-state index contributed by atoms with van der Waals surface area (Å²) in [5.74, 6) is 0.538. The van der Waals surface area contributed by atoms with Crippen LogP contribution in [-0.4, -0.2) is 34.7 Å². The van der Waals surface area contributed by atoms with E-state index in [0.29, 0.717) is 13.1 Å².